The minimum Gasteiger partial charge on any atom is -0.467 e. The summed E-state index contributed by atoms with van der Waals surface area (Å²) in [5, 5.41) is 3.07. The maximum atomic E-state index is 14.6. The Bertz CT molecular complexity index is 886. The first kappa shape index (κ1) is 20.1. The van der Waals surface area contributed by atoms with Gasteiger partial charge < -0.3 is 19.9 Å². The molecule has 9 heteroatoms. The molecule has 2 atom stereocenters. The van der Waals surface area contributed by atoms with Gasteiger partial charge in [0.1, 0.15) is 17.9 Å². The van der Waals surface area contributed by atoms with Crippen LogP contribution in [0.5, 0.6) is 0 Å². The first-order valence-corrected chi connectivity index (χ1v) is 9.33. The number of aromatic amines is 1. The van der Waals surface area contributed by atoms with Crippen molar-refractivity contribution in [3.8, 4) is 0 Å². The van der Waals surface area contributed by atoms with Crippen molar-refractivity contribution in [1.29, 1.82) is 0 Å². The predicted octanol–water partition coefficient (Wildman–Crippen LogP) is 3.06. The van der Waals surface area contributed by atoms with E-state index in [2.05, 4.69) is 15.3 Å². The predicted molar refractivity (Wildman–Crippen MR) is 101 cm³/mol. The number of methoxy groups -OCH3 is 1. The summed E-state index contributed by atoms with van der Waals surface area (Å²) in [6.07, 6.45) is 2.05. The number of carbonyl (C=O) groups is 2. The third-order valence-electron chi connectivity index (χ3n) is 4.84. The van der Waals surface area contributed by atoms with E-state index < -0.39 is 29.9 Å². The average Bonchev–Trinajstić information content (AvgIpc) is 3.15. The molecule has 0 aliphatic carbocycles. The van der Waals surface area contributed by atoms with Crippen LogP contribution in [-0.2, 0) is 16.0 Å². The molecule has 28 heavy (non-hydrogen) atoms. The molecule has 0 spiro atoms. The van der Waals surface area contributed by atoms with E-state index in [1.807, 2.05) is 0 Å². The zero-order valence-corrected chi connectivity index (χ0v) is 16.6. The average molecular weight is 409 g/mol. The monoisotopic (exact) mass is 408 g/mol. The van der Waals surface area contributed by atoms with Crippen molar-refractivity contribution in [1.82, 2.24) is 20.2 Å². The highest BCUT2D eigenvalue weighted by atomic mass is 35.5. The van der Waals surface area contributed by atoms with Crippen LogP contribution in [0.4, 0.5) is 9.18 Å². The van der Waals surface area contributed by atoms with Gasteiger partial charge in [-0.3, -0.25) is 0 Å². The van der Waals surface area contributed by atoms with Gasteiger partial charge in [0.2, 0.25) is 0 Å². The maximum Gasteiger partial charge on any atom is 0.328 e. The molecule has 0 radical (unpaired) electrons. The third kappa shape index (κ3) is 3.82. The number of halogens is 2. The highest BCUT2D eigenvalue weighted by molar-refractivity contribution is 6.30. The van der Waals surface area contributed by atoms with Crippen LogP contribution >= 0.6 is 11.6 Å². The number of hydrogen-bond donors (Lipinski definition) is 2. The molecule has 150 valence electrons. The highest BCUT2D eigenvalue weighted by Gasteiger charge is 2.37. The molecule has 1 aromatic carbocycles. The van der Waals surface area contributed by atoms with E-state index in [9.17, 15) is 14.0 Å². The summed E-state index contributed by atoms with van der Waals surface area (Å²) in [6, 6.07) is 2.13. The van der Waals surface area contributed by atoms with Crippen molar-refractivity contribution in [2.45, 2.75) is 32.4 Å². The molecule has 1 unspecified atom stereocenters. The summed E-state index contributed by atoms with van der Waals surface area (Å²) >= 11 is 6.08. The number of urea groups is 1. The standard InChI is InChI=1S/C19H22ClFN4O3/c1-10(2)15(18(26)28-3)24-19(27)25-7-6-14-16(23-9-22-14)17(25)12-8-11(20)4-5-13(12)21/h4-5,8-10,15,17H,6-7H2,1-3H3,(H,22,23)(H,24,27)/t15-,17?/m0/s1. The topological polar surface area (TPSA) is 87.3 Å². The van der Waals surface area contributed by atoms with Crippen LogP contribution in [-0.4, -0.2) is 46.6 Å². The number of aromatic nitrogens is 2. The molecular formula is C19H22ClFN4O3. The fraction of sp³-hybridized carbons (Fsp3) is 0.421. The highest BCUT2D eigenvalue weighted by Crippen LogP contribution is 2.35. The number of rotatable bonds is 4. The van der Waals surface area contributed by atoms with Gasteiger partial charge in [-0.25, -0.2) is 19.0 Å². The minimum absolute atomic E-state index is 0.177. The van der Waals surface area contributed by atoms with E-state index in [1.165, 1.54) is 36.5 Å². The van der Waals surface area contributed by atoms with Crippen LogP contribution in [0.3, 0.4) is 0 Å². The van der Waals surface area contributed by atoms with E-state index in [0.29, 0.717) is 23.7 Å². The van der Waals surface area contributed by atoms with Crippen LogP contribution in [0, 0.1) is 11.7 Å². The van der Waals surface area contributed by atoms with Crippen molar-refractivity contribution in [3.63, 3.8) is 0 Å². The van der Waals surface area contributed by atoms with Crippen molar-refractivity contribution in [2.75, 3.05) is 13.7 Å². The number of imidazole rings is 1. The van der Waals surface area contributed by atoms with E-state index in [4.69, 9.17) is 16.3 Å². The van der Waals surface area contributed by atoms with Crippen LogP contribution in [0.1, 0.15) is 36.8 Å². The van der Waals surface area contributed by atoms with E-state index >= 15 is 0 Å². The van der Waals surface area contributed by atoms with Crippen LogP contribution in [0.15, 0.2) is 24.5 Å². The van der Waals surface area contributed by atoms with Gasteiger partial charge in [-0.05, 0) is 24.1 Å². The van der Waals surface area contributed by atoms with Gasteiger partial charge in [-0.1, -0.05) is 25.4 Å². The van der Waals surface area contributed by atoms with Gasteiger partial charge in [0, 0.05) is 29.2 Å². The Morgan fingerprint density at radius 3 is 2.86 bits per heavy atom. The second kappa shape index (κ2) is 8.18. The summed E-state index contributed by atoms with van der Waals surface area (Å²) in [5.41, 5.74) is 1.64. The lowest BCUT2D eigenvalue weighted by molar-refractivity contribution is -0.144. The quantitative estimate of drug-likeness (QED) is 0.761. The molecule has 1 aromatic heterocycles. The first-order chi connectivity index (χ1) is 13.3. The summed E-state index contributed by atoms with van der Waals surface area (Å²) in [5.74, 6) is -1.20. The number of amides is 2. The molecule has 2 aromatic rings. The lowest BCUT2D eigenvalue weighted by Gasteiger charge is -2.36. The summed E-state index contributed by atoms with van der Waals surface area (Å²) in [4.78, 5) is 33.9. The van der Waals surface area contributed by atoms with Crippen LogP contribution in [0.25, 0.3) is 0 Å². The Hall–Kier alpha value is -2.61. The summed E-state index contributed by atoms with van der Waals surface area (Å²) in [7, 11) is 1.27. The molecule has 2 amide bonds. The van der Waals surface area contributed by atoms with Crippen molar-refractivity contribution >= 4 is 23.6 Å². The fourth-order valence-electron chi connectivity index (χ4n) is 3.38. The Kier molecular flexibility index (Phi) is 5.88. The molecule has 1 aliphatic heterocycles. The maximum absolute atomic E-state index is 14.6. The molecular weight excluding hydrogens is 387 g/mol. The third-order valence-corrected chi connectivity index (χ3v) is 5.07. The molecule has 3 rings (SSSR count). The van der Waals surface area contributed by atoms with Gasteiger partial charge in [0.15, 0.2) is 0 Å². The van der Waals surface area contributed by atoms with Crippen LogP contribution in [0.2, 0.25) is 5.02 Å². The number of esters is 1. The summed E-state index contributed by atoms with van der Waals surface area (Å²) < 4.78 is 19.4. The van der Waals surface area contributed by atoms with E-state index in [0.717, 1.165) is 5.69 Å². The molecule has 0 saturated heterocycles. The second-order valence-electron chi connectivity index (χ2n) is 6.97. The number of nitrogens with zero attached hydrogens (tertiary/aromatic N) is 2. The number of nitrogens with one attached hydrogen (secondary N) is 2. The largest absolute Gasteiger partial charge is 0.467 e. The minimum atomic E-state index is -0.817. The van der Waals surface area contributed by atoms with Crippen molar-refractivity contribution in [2.24, 2.45) is 5.92 Å². The first-order valence-electron chi connectivity index (χ1n) is 8.95. The molecule has 2 N–H and O–H groups in total. The van der Waals surface area contributed by atoms with Crippen molar-refractivity contribution in [3.05, 3.63) is 52.3 Å². The number of benzene rings is 1. The van der Waals surface area contributed by atoms with E-state index in [1.54, 1.807) is 13.8 Å². The molecule has 0 bridgehead atoms. The number of carbonyl (C=O) groups excluding carboxylic acids is 2. The Morgan fingerprint density at radius 1 is 1.43 bits per heavy atom. The molecule has 2 heterocycles. The SMILES string of the molecule is COC(=O)[C@@H](NC(=O)N1CCc2[nH]cnc2C1c1cc(Cl)ccc1F)C(C)C. The zero-order chi connectivity index (χ0) is 20.4. The summed E-state index contributed by atoms with van der Waals surface area (Å²) in [6.45, 7) is 3.93. The molecule has 0 fully saturated rings. The van der Waals surface area contributed by atoms with Gasteiger partial charge in [0.25, 0.3) is 0 Å². The Labute approximate surface area is 167 Å². The normalized spacial score (nSPS) is 17.2. The van der Waals surface area contributed by atoms with Crippen LogP contribution < -0.4 is 5.32 Å². The number of fused-ring (bicyclic) bond motifs is 1. The zero-order valence-electron chi connectivity index (χ0n) is 15.8. The van der Waals surface area contributed by atoms with Gasteiger partial charge >= 0.3 is 12.0 Å². The number of hydrogen-bond acceptors (Lipinski definition) is 4. The second-order valence-corrected chi connectivity index (χ2v) is 7.41. The lowest BCUT2D eigenvalue weighted by Crippen LogP contribution is -2.53. The smallest absolute Gasteiger partial charge is 0.328 e. The molecule has 7 nitrogen and oxygen atoms in total. The molecule has 1 aliphatic rings. The van der Waals surface area contributed by atoms with Crippen molar-refractivity contribution < 1.29 is 18.7 Å². The fourth-order valence-corrected chi connectivity index (χ4v) is 3.56. The Morgan fingerprint density at radius 2 is 2.18 bits per heavy atom. The molecule has 0 saturated carbocycles. The Balaban J connectivity index is 1.98. The number of H-pyrrole nitrogens is 1. The van der Waals surface area contributed by atoms with Gasteiger partial charge in [0.05, 0.1) is 19.1 Å². The van der Waals surface area contributed by atoms with Gasteiger partial charge in [-0.15, -0.1) is 0 Å². The van der Waals surface area contributed by atoms with E-state index in [-0.39, 0.29) is 11.5 Å². The number of ether oxygens (including phenoxy) is 1. The van der Waals surface area contributed by atoms with Gasteiger partial charge in [-0.2, -0.15) is 0 Å². The lowest BCUT2D eigenvalue weighted by atomic mass is 9.95.